The minimum absolute atomic E-state index is 0.252. The summed E-state index contributed by atoms with van der Waals surface area (Å²) in [6, 6.07) is 7.04. The van der Waals surface area contributed by atoms with Crippen LogP contribution in [0.4, 0.5) is 0 Å². The molecule has 1 aliphatic heterocycles. The molecule has 0 unspecified atom stereocenters. The third-order valence-corrected chi connectivity index (χ3v) is 1.82. The average Bonchev–Trinajstić information content (AvgIpc) is 2.04. The topological polar surface area (TPSA) is 48.2 Å². The van der Waals surface area contributed by atoms with Gasteiger partial charge in [0.2, 0.25) is 0 Å². The van der Waals surface area contributed by atoms with Crippen LogP contribution in [0.3, 0.4) is 0 Å². The summed E-state index contributed by atoms with van der Waals surface area (Å²) in [6.07, 6.45) is 0.252. The Labute approximate surface area is 69.4 Å². The van der Waals surface area contributed by atoms with Crippen molar-refractivity contribution in [3.63, 3.8) is 0 Å². The minimum Gasteiger partial charge on any atom is -0.272 e. The van der Waals surface area contributed by atoms with Crippen LogP contribution >= 0.6 is 0 Å². The first-order chi connectivity index (χ1) is 5.77. The summed E-state index contributed by atoms with van der Waals surface area (Å²) in [7, 11) is 0. The van der Waals surface area contributed by atoms with Crippen LogP contribution in [0.1, 0.15) is 15.9 Å². The summed E-state index contributed by atoms with van der Waals surface area (Å²) in [5.74, 6) is -0.763. The fourth-order valence-electron chi connectivity index (χ4n) is 1.26. The highest BCUT2D eigenvalue weighted by Crippen LogP contribution is 2.13. The Kier molecular flexibility index (Phi) is 1.43. The number of nitrogens with zero attached hydrogens (tertiary/aromatic N) is 1. The number of fused-ring (bicyclic) bond motifs is 1. The van der Waals surface area contributed by atoms with Gasteiger partial charge in [0.25, 0.3) is 11.8 Å². The lowest BCUT2D eigenvalue weighted by molar-refractivity contribution is -0.120. The van der Waals surface area contributed by atoms with Crippen LogP contribution < -0.4 is 5.32 Å². The first-order valence-electron chi connectivity index (χ1n) is 3.64. The summed E-state index contributed by atoms with van der Waals surface area (Å²) in [6.45, 7) is 0. The van der Waals surface area contributed by atoms with E-state index in [1.54, 1.807) is 18.2 Å². The molecule has 3 heteroatoms. The van der Waals surface area contributed by atoms with Crippen LogP contribution in [-0.4, -0.2) is 11.8 Å². The minimum atomic E-state index is -0.415. The van der Waals surface area contributed by atoms with Gasteiger partial charge in [-0.1, -0.05) is 18.2 Å². The van der Waals surface area contributed by atoms with Crippen molar-refractivity contribution in [1.82, 2.24) is 5.32 Å². The van der Waals surface area contributed by atoms with E-state index in [0.717, 1.165) is 5.56 Å². The van der Waals surface area contributed by atoms with E-state index in [0.29, 0.717) is 5.56 Å². The van der Waals surface area contributed by atoms with Crippen molar-refractivity contribution in [1.29, 1.82) is 0 Å². The van der Waals surface area contributed by atoms with E-state index >= 15 is 0 Å². The van der Waals surface area contributed by atoms with Gasteiger partial charge in [-0.25, -0.2) is 0 Å². The summed E-state index contributed by atoms with van der Waals surface area (Å²) in [5, 5.41) is 3.35. The smallest absolute Gasteiger partial charge is 0.272 e. The van der Waals surface area contributed by atoms with Crippen molar-refractivity contribution < 1.29 is 9.59 Å². The molecular formula is C9H6NO2. The molecule has 1 aromatic carbocycles. The van der Waals surface area contributed by atoms with Gasteiger partial charge in [-0.15, -0.1) is 0 Å². The molecule has 1 aliphatic rings. The Morgan fingerprint density at radius 3 is 2.75 bits per heavy atom. The third kappa shape index (κ3) is 0.993. The van der Waals surface area contributed by atoms with Crippen LogP contribution in [0, 0.1) is 0 Å². The molecule has 0 N–H and O–H groups in total. The zero-order valence-corrected chi connectivity index (χ0v) is 6.28. The van der Waals surface area contributed by atoms with E-state index in [2.05, 4.69) is 5.32 Å². The number of hydrogen-bond acceptors (Lipinski definition) is 2. The quantitative estimate of drug-likeness (QED) is 0.519. The standard InChI is InChI=1S/C9H6NO2/c11-8-5-6-3-1-2-4-7(6)9(12)10-8/h1-4H,5H2. The maximum absolute atomic E-state index is 11.1. The number of rotatable bonds is 0. The molecule has 3 nitrogen and oxygen atoms in total. The van der Waals surface area contributed by atoms with Gasteiger partial charge in [0.1, 0.15) is 0 Å². The summed E-state index contributed by atoms with van der Waals surface area (Å²) < 4.78 is 0. The second-order valence-corrected chi connectivity index (χ2v) is 2.64. The lowest BCUT2D eigenvalue weighted by Crippen LogP contribution is -2.30. The molecule has 1 aromatic rings. The number of hydrogen-bond donors (Lipinski definition) is 0. The van der Waals surface area contributed by atoms with Gasteiger partial charge < -0.3 is 0 Å². The highest BCUT2D eigenvalue weighted by molar-refractivity contribution is 6.09. The Morgan fingerprint density at radius 1 is 1.17 bits per heavy atom. The summed E-state index contributed by atoms with van der Waals surface area (Å²) in [4.78, 5) is 22.0. The Balaban J connectivity index is 2.54. The van der Waals surface area contributed by atoms with E-state index in [1.165, 1.54) is 0 Å². The average molecular weight is 160 g/mol. The summed E-state index contributed by atoms with van der Waals surface area (Å²) in [5.41, 5.74) is 1.33. The first-order valence-corrected chi connectivity index (χ1v) is 3.64. The molecule has 0 bridgehead atoms. The van der Waals surface area contributed by atoms with E-state index in [1.807, 2.05) is 6.07 Å². The van der Waals surface area contributed by atoms with Crippen molar-refractivity contribution in [2.24, 2.45) is 0 Å². The van der Waals surface area contributed by atoms with Crippen LogP contribution in [0.15, 0.2) is 24.3 Å². The predicted molar refractivity (Wildman–Crippen MR) is 41.6 cm³/mol. The Bertz CT molecular complexity index is 357. The second kappa shape index (κ2) is 2.44. The van der Waals surface area contributed by atoms with E-state index in [-0.39, 0.29) is 12.3 Å². The van der Waals surface area contributed by atoms with E-state index in [9.17, 15) is 9.59 Å². The highest BCUT2D eigenvalue weighted by atomic mass is 16.2. The monoisotopic (exact) mass is 160 g/mol. The molecule has 0 aromatic heterocycles. The molecular weight excluding hydrogens is 154 g/mol. The largest absolute Gasteiger partial charge is 0.280 e. The zero-order chi connectivity index (χ0) is 8.55. The number of carbonyl (C=O) groups excluding carboxylic acids is 2. The van der Waals surface area contributed by atoms with E-state index in [4.69, 9.17) is 0 Å². The normalized spacial score (nSPS) is 15.3. The lowest BCUT2D eigenvalue weighted by atomic mass is 10.0. The van der Waals surface area contributed by atoms with Crippen molar-refractivity contribution in [2.75, 3.05) is 0 Å². The fraction of sp³-hybridized carbons (Fsp3) is 0.111. The lowest BCUT2D eigenvalue weighted by Gasteiger charge is -2.11. The molecule has 1 heterocycles. The number of amides is 2. The molecule has 2 rings (SSSR count). The van der Waals surface area contributed by atoms with Crippen LogP contribution in [0.25, 0.3) is 0 Å². The zero-order valence-electron chi connectivity index (χ0n) is 6.28. The molecule has 0 aliphatic carbocycles. The van der Waals surface area contributed by atoms with Gasteiger partial charge >= 0.3 is 0 Å². The van der Waals surface area contributed by atoms with Gasteiger partial charge in [0.15, 0.2) is 0 Å². The number of carbonyl (C=O) groups is 2. The highest BCUT2D eigenvalue weighted by Gasteiger charge is 2.22. The molecule has 0 fully saturated rings. The molecule has 12 heavy (non-hydrogen) atoms. The molecule has 0 saturated heterocycles. The van der Waals surface area contributed by atoms with Gasteiger partial charge in [-0.3, -0.25) is 9.59 Å². The van der Waals surface area contributed by atoms with Crippen LogP contribution in [0.5, 0.6) is 0 Å². The first kappa shape index (κ1) is 7.03. The Morgan fingerprint density at radius 2 is 1.92 bits per heavy atom. The van der Waals surface area contributed by atoms with Crippen molar-refractivity contribution in [3.8, 4) is 0 Å². The fourth-order valence-corrected chi connectivity index (χ4v) is 1.26. The molecule has 0 spiro atoms. The third-order valence-electron chi connectivity index (χ3n) is 1.82. The van der Waals surface area contributed by atoms with Gasteiger partial charge in [0.05, 0.1) is 6.42 Å². The maximum Gasteiger partial charge on any atom is 0.280 e. The summed E-state index contributed by atoms with van der Waals surface area (Å²) >= 11 is 0. The number of imide groups is 1. The van der Waals surface area contributed by atoms with E-state index < -0.39 is 5.91 Å². The predicted octanol–water partition coefficient (Wildman–Crippen LogP) is 0.514. The van der Waals surface area contributed by atoms with Gasteiger partial charge in [-0.05, 0) is 11.6 Å². The van der Waals surface area contributed by atoms with Crippen molar-refractivity contribution in [2.45, 2.75) is 6.42 Å². The van der Waals surface area contributed by atoms with Crippen LogP contribution in [0.2, 0.25) is 0 Å². The van der Waals surface area contributed by atoms with Crippen molar-refractivity contribution >= 4 is 11.8 Å². The SMILES string of the molecule is O=C1Cc2ccccc2C(=O)[N]1. The number of benzene rings is 1. The van der Waals surface area contributed by atoms with Gasteiger partial charge in [0, 0.05) is 5.56 Å². The maximum atomic E-state index is 11.1. The Hall–Kier alpha value is -1.64. The van der Waals surface area contributed by atoms with Gasteiger partial charge in [-0.2, -0.15) is 5.32 Å². The van der Waals surface area contributed by atoms with Crippen molar-refractivity contribution in [3.05, 3.63) is 35.4 Å². The molecule has 2 amide bonds. The van der Waals surface area contributed by atoms with Crippen LogP contribution in [-0.2, 0) is 11.2 Å². The second-order valence-electron chi connectivity index (χ2n) is 2.64. The molecule has 0 atom stereocenters. The molecule has 0 saturated carbocycles. The molecule has 1 radical (unpaired) electrons. The molecule has 59 valence electrons.